The van der Waals surface area contributed by atoms with Gasteiger partial charge < -0.3 is 5.32 Å². The molecule has 2 rings (SSSR count). The van der Waals surface area contributed by atoms with Crippen molar-refractivity contribution < 1.29 is 4.79 Å². The van der Waals surface area contributed by atoms with Gasteiger partial charge in [0.05, 0.1) is 0 Å². The topological polar surface area (TPSA) is 52.9 Å². The highest BCUT2D eigenvalue weighted by atomic mass is 35.5. The van der Waals surface area contributed by atoms with Crippen LogP contribution in [0.5, 0.6) is 0 Å². The second-order valence-electron chi connectivity index (χ2n) is 4.18. The van der Waals surface area contributed by atoms with Gasteiger partial charge in [-0.3, -0.25) is 4.79 Å². The minimum absolute atomic E-state index is 0.00673. The van der Waals surface area contributed by atoms with Crippen molar-refractivity contribution in [1.29, 1.82) is 5.26 Å². The van der Waals surface area contributed by atoms with Crippen LogP contribution in [0.4, 0.5) is 5.69 Å². The quantitative estimate of drug-likeness (QED) is 0.667. The number of nitriles is 1. The van der Waals surface area contributed by atoms with Crippen LogP contribution in [0.1, 0.15) is 5.56 Å². The fourth-order valence-electron chi connectivity index (χ4n) is 1.61. The Labute approximate surface area is 132 Å². The van der Waals surface area contributed by atoms with Gasteiger partial charge in [-0.05, 0) is 48.0 Å². The molecule has 0 heterocycles. The van der Waals surface area contributed by atoms with Crippen LogP contribution >= 0.6 is 23.2 Å². The summed E-state index contributed by atoms with van der Waals surface area (Å²) in [5.41, 5.74) is 1.30. The summed E-state index contributed by atoms with van der Waals surface area (Å²) in [6.07, 6.45) is 1.50. The third kappa shape index (κ3) is 4.35. The van der Waals surface area contributed by atoms with E-state index in [1.165, 1.54) is 6.08 Å². The number of benzene rings is 2. The summed E-state index contributed by atoms with van der Waals surface area (Å²) in [6.45, 7) is 0. The van der Waals surface area contributed by atoms with Crippen LogP contribution in [-0.2, 0) is 4.79 Å². The number of halogens is 2. The summed E-state index contributed by atoms with van der Waals surface area (Å²) >= 11 is 11.6. The second kappa shape index (κ2) is 6.94. The summed E-state index contributed by atoms with van der Waals surface area (Å²) in [6, 6.07) is 15.4. The van der Waals surface area contributed by atoms with E-state index in [9.17, 15) is 4.79 Å². The van der Waals surface area contributed by atoms with Gasteiger partial charge in [-0.1, -0.05) is 35.3 Å². The van der Waals surface area contributed by atoms with Crippen molar-refractivity contribution in [3.63, 3.8) is 0 Å². The number of carbonyl (C=O) groups is 1. The Balaban J connectivity index is 2.17. The van der Waals surface area contributed by atoms with Gasteiger partial charge >= 0.3 is 0 Å². The molecule has 0 fully saturated rings. The largest absolute Gasteiger partial charge is 0.321 e. The first kappa shape index (κ1) is 15.1. The molecule has 2 aromatic rings. The molecule has 0 saturated carbocycles. The maximum absolute atomic E-state index is 12.0. The van der Waals surface area contributed by atoms with Crippen molar-refractivity contribution in [2.24, 2.45) is 0 Å². The Morgan fingerprint density at radius 1 is 1.00 bits per heavy atom. The first-order chi connectivity index (χ1) is 10.1. The predicted octanol–water partition coefficient (Wildman–Crippen LogP) is 4.54. The van der Waals surface area contributed by atoms with E-state index in [1.807, 2.05) is 6.07 Å². The van der Waals surface area contributed by atoms with Crippen molar-refractivity contribution in [2.75, 3.05) is 5.32 Å². The van der Waals surface area contributed by atoms with Gasteiger partial charge in [0, 0.05) is 15.7 Å². The van der Waals surface area contributed by atoms with Crippen molar-refractivity contribution >= 4 is 40.9 Å². The number of hydrogen-bond acceptors (Lipinski definition) is 2. The molecule has 0 aliphatic carbocycles. The predicted molar refractivity (Wildman–Crippen MR) is 85.1 cm³/mol. The van der Waals surface area contributed by atoms with Crippen molar-refractivity contribution in [3.8, 4) is 6.07 Å². The molecule has 21 heavy (non-hydrogen) atoms. The minimum Gasteiger partial charge on any atom is -0.321 e. The van der Waals surface area contributed by atoms with Crippen molar-refractivity contribution in [3.05, 3.63) is 69.7 Å². The van der Waals surface area contributed by atoms with Gasteiger partial charge in [0.2, 0.25) is 0 Å². The Morgan fingerprint density at radius 2 is 1.52 bits per heavy atom. The van der Waals surface area contributed by atoms with E-state index in [-0.39, 0.29) is 5.57 Å². The molecule has 5 heteroatoms. The normalized spacial score (nSPS) is 10.8. The average Bonchev–Trinajstić information content (AvgIpc) is 2.49. The second-order valence-corrected chi connectivity index (χ2v) is 5.06. The SMILES string of the molecule is N#C/C(=C/c1ccc(Cl)cc1)C(=O)Nc1ccc(Cl)cc1. The minimum atomic E-state index is -0.477. The van der Waals surface area contributed by atoms with E-state index in [4.69, 9.17) is 28.5 Å². The fraction of sp³-hybridized carbons (Fsp3) is 0. The lowest BCUT2D eigenvalue weighted by Crippen LogP contribution is -2.13. The summed E-state index contributed by atoms with van der Waals surface area (Å²) in [5, 5.41) is 12.9. The summed E-state index contributed by atoms with van der Waals surface area (Å²) in [5.74, 6) is -0.477. The molecule has 0 atom stereocenters. The monoisotopic (exact) mass is 316 g/mol. The molecule has 3 nitrogen and oxygen atoms in total. The molecule has 0 bridgehead atoms. The van der Waals surface area contributed by atoms with Crippen molar-refractivity contribution in [1.82, 2.24) is 0 Å². The first-order valence-electron chi connectivity index (χ1n) is 6.03. The standard InChI is InChI=1S/C16H10Cl2N2O/c17-13-3-1-11(2-4-13)9-12(10-19)16(21)20-15-7-5-14(18)6-8-15/h1-9H,(H,20,21)/b12-9-. The number of anilines is 1. The van der Waals surface area contributed by atoms with E-state index in [0.717, 1.165) is 5.56 Å². The maximum Gasteiger partial charge on any atom is 0.266 e. The van der Waals surface area contributed by atoms with Gasteiger partial charge in [-0.15, -0.1) is 0 Å². The fourth-order valence-corrected chi connectivity index (χ4v) is 1.86. The molecule has 0 aliphatic rings. The molecular formula is C16H10Cl2N2O. The third-order valence-electron chi connectivity index (χ3n) is 2.65. The van der Waals surface area contributed by atoms with Crippen LogP contribution in [-0.4, -0.2) is 5.91 Å². The smallest absolute Gasteiger partial charge is 0.266 e. The number of carbonyl (C=O) groups excluding carboxylic acids is 1. The molecule has 0 radical (unpaired) electrons. The molecule has 0 unspecified atom stereocenters. The maximum atomic E-state index is 12.0. The molecule has 2 aromatic carbocycles. The highest BCUT2D eigenvalue weighted by molar-refractivity contribution is 6.31. The number of nitrogens with one attached hydrogen (secondary N) is 1. The Morgan fingerprint density at radius 3 is 2.05 bits per heavy atom. The average molecular weight is 317 g/mol. The van der Waals surface area contributed by atoms with E-state index >= 15 is 0 Å². The van der Waals surface area contributed by atoms with Crippen molar-refractivity contribution in [2.45, 2.75) is 0 Å². The van der Waals surface area contributed by atoms with E-state index in [0.29, 0.717) is 15.7 Å². The highest BCUT2D eigenvalue weighted by Crippen LogP contribution is 2.16. The highest BCUT2D eigenvalue weighted by Gasteiger charge is 2.09. The number of hydrogen-bond donors (Lipinski definition) is 1. The van der Waals surface area contributed by atoms with E-state index in [2.05, 4.69) is 5.32 Å². The van der Waals surface area contributed by atoms with Crippen LogP contribution in [0.15, 0.2) is 54.1 Å². The molecular weight excluding hydrogens is 307 g/mol. The number of nitrogens with zero attached hydrogens (tertiary/aromatic N) is 1. The van der Waals surface area contributed by atoms with Crippen LogP contribution in [0.25, 0.3) is 6.08 Å². The van der Waals surface area contributed by atoms with Gasteiger partial charge in [-0.25, -0.2) is 0 Å². The zero-order chi connectivity index (χ0) is 15.2. The molecule has 1 amide bonds. The summed E-state index contributed by atoms with van der Waals surface area (Å²) in [7, 11) is 0. The molecule has 0 aliphatic heterocycles. The molecule has 0 aromatic heterocycles. The lowest BCUT2D eigenvalue weighted by atomic mass is 10.1. The lowest BCUT2D eigenvalue weighted by molar-refractivity contribution is -0.112. The van der Waals surface area contributed by atoms with Gasteiger partial charge in [-0.2, -0.15) is 5.26 Å². The van der Waals surface area contributed by atoms with Crippen LogP contribution < -0.4 is 5.32 Å². The zero-order valence-electron chi connectivity index (χ0n) is 10.8. The lowest BCUT2D eigenvalue weighted by Gasteiger charge is -2.04. The summed E-state index contributed by atoms with van der Waals surface area (Å²) in [4.78, 5) is 12.0. The first-order valence-corrected chi connectivity index (χ1v) is 6.78. The molecule has 104 valence electrons. The van der Waals surface area contributed by atoms with Gasteiger partial charge in [0.25, 0.3) is 5.91 Å². The summed E-state index contributed by atoms with van der Waals surface area (Å²) < 4.78 is 0. The van der Waals surface area contributed by atoms with E-state index < -0.39 is 5.91 Å². The molecule has 0 spiro atoms. The molecule has 0 saturated heterocycles. The number of rotatable bonds is 3. The van der Waals surface area contributed by atoms with Crippen LogP contribution in [0, 0.1) is 11.3 Å². The zero-order valence-corrected chi connectivity index (χ0v) is 12.3. The van der Waals surface area contributed by atoms with Crippen LogP contribution in [0.2, 0.25) is 10.0 Å². The van der Waals surface area contributed by atoms with Gasteiger partial charge in [0.15, 0.2) is 0 Å². The molecule has 1 N–H and O–H groups in total. The van der Waals surface area contributed by atoms with Crippen LogP contribution in [0.3, 0.4) is 0 Å². The Kier molecular flexibility index (Phi) is 4.99. The Hall–Kier alpha value is -2.28. The Bertz CT molecular complexity index is 713. The van der Waals surface area contributed by atoms with Gasteiger partial charge in [0.1, 0.15) is 11.6 Å². The number of amides is 1. The van der Waals surface area contributed by atoms with E-state index in [1.54, 1.807) is 48.5 Å². The third-order valence-corrected chi connectivity index (χ3v) is 3.15.